The van der Waals surface area contributed by atoms with Crippen molar-refractivity contribution >= 4 is 33.4 Å². The smallest absolute Gasteiger partial charge is 0.329 e. The van der Waals surface area contributed by atoms with Gasteiger partial charge in [-0.25, -0.2) is 0 Å². The fourth-order valence-corrected chi connectivity index (χ4v) is 3.76. The minimum atomic E-state index is -4.37. The van der Waals surface area contributed by atoms with E-state index in [1.807, 2.05) is 20.0 Å². The van der Waals surface area contributed by atoms with Gasteiger partial charge in [0.15, 0.2) is 0 Å². The summed E-state index contributed by atoms with van der Waals surface area (Å²) in [7, 11) is 0. The molecule has 0 saturated carbocycles. The van der Waals surface area contributed by atoms with Crippen LogP contribution in [0.5, 0.6) is 0 Å². The minimum absolute atomic E-state index is 0.425. The van der Waals surface area contributed by atoms with Crippen LogP contribution in [0.4, 0.5) is 13.2 Å². The van der Waals surface area contributed by atoms with Crippen LogP contribution >= 0.6 is 11.6 Å². The molecule has 0 aliphatic rings. The number of aromatic nitrogens is 4. The van der Waals surface area contributed by atoms with Gasteiger partial charge in [0.2, 0.25) is 0 Å². The molecule has 140 valence electrons. The number of fused-ring (bicyclic) bond motifs is 3. The van der Waals surface area contributed by atoms with Crippen molar-refractivity contribution in [2.24, 2.45) is 0 Å². The van der Waals surface area contributed by atoms with Crippen LogP contribution in [0.25, 0.3) is 32.9 Å². The van der Waals surface area contributed by atoms with Crippen molar-refractivity contribution in [3.63, 3.8) is 0 Å². The van der Waals surface area contributed by atoms with Crippen LogP contribution in [0.15, 0.2) is 36.8 Å². The number of hydrogen-bond donors (Lipinski definition) is 0. The Kier molecular flexibility index (Phi) is 4.14. The zero-order valence-corrected chi connectivity index (χ0v) is 15.4. The Labute approximate surface area is 158 Å². The SMILES string of the molecule is CCn1cc(-c2cc(Cl)cc3c4ccncc4n(CC(F)(F)F)c23)c(C)n1. The number of benzene rings is 1. The number of aryl methyl sites for hydroxylation is 2. The highest BCUT2D eigenvalue weighted by molar-refractivity contribution is 6.32. The Morgan fingerprint density at radius 2 is 1.93 bits per heavy atom. The van der Waals surface area contributed by atoms with Gasteiger partial charge in [0.1, 0.15) is 6.54 Å². The summed E-state index contributed by atoms with van der Waals surface area (Å²) in [5, 5.41) is 6.25. The van der Waals surface area contributed by atoms with Gasteiger partial charge < -0.3 is 4.57 Å². The summed E-state index contributed by atoms with van der Waals surface area (Å²) < 4.78 is 43.1. The molecule has 0 bridgehead atoms. The van der Waals surface area contributed by atoms with E-state index in [1.165, 1.54) is 10.8 Å². The summed E-state index contributed by atoms with van der Waals surface area (Å²) in [6.07, 6.45) is 0.504. The summed E-state index contributed by atoms with van der Waals surface area (Å²) in [6.45, 7) is 3.36. The average Bonchev–Trinajstić information content (AvgIpc) is 3.12. The summed E-state index contributed by atoms with van der Waals surface area (Å²) in [4.78, 5) is 4.02. The summed E-state index contributed by atoms with van der Waals surface area (Å²) in [5.74, 6) is 0. The molecule has 4 nitrogen and oxygen atoms in total. The van der Waals surface area contributed by atoms with Crippen LogP contribution in [-0.2, 0) is 13.1 Å². The van der Waals surface area contributed by atoms with Crippen molar-refractivity contribution < 1.29 is 13.2 Å². The predicted octanol–water partition coefficient (Wildman–Crippen LogP) is 5.60. The van der Waals surface area contributed by atoms with Gasteiger partial charge in [0.25, 0.3) is 0 Å². The summed E-state index contributed by atoms with van der Waals surface area (Å²) in [6, 6.07) is 5.12. The van der Waals surface area contributed by atoms with Gasteiger partial charge in [-0.3, -0.25) is 9.67 Å². The quantitative estimate of drug-likeness (QED) is 0.455. The third-order valence-electron chi connectivity index (χ3n) is 4.62. The molecule has 0 aliphatic heterocycles. The van der Waals surface area contributed by atoms with Crippen molar-refractivity contribution in [3.8, 4) is 11.1 Å². The van der Waals surface area contributed by atoms with E-state index in [1.54, 1.807) is 29.1 Å². The van der Waals surface area contributed by atoms with Gasteiger partial charge in [0.05, 0.1) is 22.9 Å². The monoisotopic (exact) mass is 392 g/mol. The molecule has 0 spiro atoms. The first kappa shape index (κ1) is 17.9. The number of halogens is 4. The van der Waals surface area contributed by atoms with Crippen molar-refractivity contribution in [1.29, 1.82) is 0 Å². The maximum atomic E-state index is 13.3. The average molecular weight is 393 g/mol. The molecule has 8 heteroatoms. The molecule has 1 aromatic carbocycles. The second-order valence-corrected chi connectivity index (χ2v) is 6.86. The fraction of sp³-hybridized carbons (Fsp3) is 0.263. The first-order valence-corrected chi connectivity index (χ1v) is 8.83. The lowest BCUT2D eigenvalue weighted by atomic mass is 10.0. The van der Waals surface area contributed by atoms with Crippen molar-refractivity contribution in [3.05, 3.63) is 47.5 Å². The van der Waals surface area contributed by atoms with E-state index in [0.717, 1.165) is 11.3 Å². The first-order chi connectivity index (χ1) is 12.8. The fourth-order valence-electron chi connectivity index (χ4n) is 3.54. The number of nitrogens with zero attached hydrogens (tertiary/aromatic N) is 4. The molecule has 0 fully saturated rings. The topological polar surface area (TPSA) is 35.6 Å². The van der Waals surface area contributed by atoms with Crippen LogP contribution in [0.1, 0.15) is 12.6 Å². The Morgan fingerprint density at radius 3 is 2.59 bits per heavy atom. The zero-order valence-electron chi connectivity index (χ0n) is 14.7. The standard InChI is InChI=1S/C19H16ClF3N4/c1-3-26-9-16(11(2)25-26)15-7-12(20)6-14-13-4-5-24-8-17(13)27(18(14)15)10-19(21,22)23/h4-9H,3,10H2,1-2H3. The Balaban J connectivity index is 2.14. The van der Waals surface area contributed by atoms with Crippen LogP contribution in [0, 0.1) is 6.92 Å². The van der Waals surface area contributed by atoms with E-state index in [9.17, 15) is 13.2 Å². The molecule has 0 amide bonds. The molecular weight excluding hydrogens is 377 g/mol. The highest BCUT2D eigenvalue weighted by Crippen LogP contribution is 2.40. The zero-order chi connectivity index (χ0) is 19.3. The second-order valence-electron chi connectivity index (χ2n) is 6.43. The van der Waals surface area contributed by atoms with Crippen LogP contribution in [-0.4, -0.2) is 25.5 Å². The Hall–Kier alpha value is -2.54. The number of rotatable bonds is 3. The van der Waals surface area contributed by atoms with E-state index in [4.69, 9.17) is 11.6 Å². The summed E-state index contributed by atoms with van der Waals surface area (Å²) in [5.41, 5.74) is 3.05. The Bertz CT molecular complexity index is 1160. The molecule has 3 heterocycles. The highest BCUT2D eigenvalue weighted by Gasteiger charge is 2.31. The van der Waals surface area contributed by atoms with Gasteiger partial charge in [0, 0.05) is 45.9 Å². The molecule has 0 radical (unpaired) electrons. The second kappa shape index (κ2) is 6.27. The number of hydrogen-bond acceptors (Lipinski definition) is 2. The summed E-state index contributed by atoms with van der Waals surface area (Å²) >= 11 is 6.34. The van der Waals surface area contributed by atoms with Crippen LogP contribution in [0.2, 0.25) is 5.02 Å². The normalized spacial score (nSPS) is 12.4. The van der Waals surface area contributed by atoms with Gasteiger partial charge in [-0.15, -0.1) is 0 Å². The number of alkyl halides is 3. The van der Waals surface area contributed by atoms with Gasteiger partial charge in [-0.05, 0) is 32.0 Å². The van der Waals surface area contributed by atoms with E-state index >= 15 is 0 Å². The molecule has 0 N–H and O–H groups in total. The van der Waals surface area contributed by atoms with E-state index in [0.29, 0.717) is 38.9 Å². The third kappa shape index (κ3) is 3.06. The van der Waals surface area contributed by atoms with E-state index in [-0.39, 0.29) is 0 Å². The van der Waals surface area contributed by atoms with Crippen molar-refractivity contribution in [2.45, 2.75) is 33.1 Å². The molecule has 4 aromatic rings. The predicted molar refractivity (Wildman–Crippen MR) is 99.9 cm³/mol. The lowest BCUT2D eigenvalue weighted by Gasteiger charge is -2.13. The first-order valence-electron chi connectivity index (χ1n) is 8.45. The molecule has 0 aliphatic carbocycles. The maximum absolute atomic E-state index is 13.3. The van der Waals surface area contributed by atoms with Gasteiger partial charge in [-0.1, -0.05) is 11.6 Å². The van der Waals surface area contributed by atoms with Gasteiger partial charge >= 0.3 is 6.18 Å². The van der Waals surface area contributed by atoms with Crippen LogP contribution in [0.3, 0.4) is 0 Å². The number of pyridine rings is 1. The molecule has 0 unspecified atom stereocenters. The Morgan fingerprint density at radius 1 is 1.15 bits per heavy atom. The van der Waals surface area contributed by atoms with Crippen molar-refractivity contribution in [2.75, 3.05) is 0 Å². The molecule has 3 aromatic heterocycles. The molecular formula is C19H16ClF3N4. The molecule has 0 atom stereocenters. The van der Waals surface area contributed by atoms with Gasteiger partial charge in [-0.2, -0.15) is 18.3 Å². The maximum Gasteiger partial charge on any atom is 0.406 e. The van der Waals surface area contributed by atoms with Crippen LogP contribution < -0.4 is 0 Å². The third-order valence-corrected chi connectivity index (χ3v) is 4.84. The van der Waals surface area contributed by atoms with E-state index in [2.05, 4.69) is 10.1 Å². The minimum Gasteiger partial charge on any atom is -0.329 e. The highest BCUT2D eigenvalue weighted by atomic mass is 35.5. The molecule has 27 heavy (non-hydrogen) atoms. The molecule has 0 saturated heterocycles. The lowest BCUT2D eigenvalue weighted by Crippen LogP contribution is -2.17. The largest absolute Gasteiger partial charge is 0.406 e. The molecule has 4 rings (SSSR count). The lowest BCUT2D eigenvalue weighted by molar-refractivity contribution is -0.139. The van der Waals surface area contributed by atoms with E-state index < -0.39 is 12.7 Å². The van der Waals surface area contributed by atoms with Crippen molar-refractivity contribution in [1.82, 2.24) is 19.3 Å².